The number of anilines is 1. The monoisotopic (exact) mass is 342 g/mol. The van der Waals surface area contributed by atoms with Crippen LogP contribution in [0.15, 0.2) is 16.6 Å². The van der Waals surface area contributed by atoms with Crippen LogP contribution in [0.3, 0.4) is 0 Å². The zero-order valence-corrected chi connectivity index (χ0v) is 12.5. The molecule has 3 atom stereocenters. The normalized spacial score (nSPS) is 27.8. The summed E-state index contributed by atoms with van der Waals surface area (Å²) in [5.41, 5.74) is 0.194. The molecule has 2 aliphatic carbocycles. The third-order valence-electron chi connectivity index (χ3n) is 4.67. The molecule has 0 saturated heterocycles. The van der Waals surface area contributed by atoms with Crippen molar-refractivity contribution in [1.29, 1.82) is 0 Å². The average Bonchev–Trinajstić information content (AvgIpc) is 3.01. The number of nitrogens with one attached hydrogen (secondary N) is 1. The molecule has 108 valence electrons. The predicted molar refractivity (Wildman–Crippen MR) is 78.2 cm³/mol. The Bertz CT molecular complexity index is 552. The highest BCUT2D eigenvalue weighted by Gasteiger charge is 2.39. The number of nitro groups is 1. The zero-order valence-electron chi connectivity index (χ0n) is 10.9. The molecule has 2 saturated carbocycles. The van der Waals surface area contributed by atoms with Gasteiger partial charge in [0.25, 0.3) is 5.69 Å². The van der Waals surface area contributed by atoms with Crippen molar-refractivity contribution in [2.75, 3.05) is 11.9 Å². The summed E-state index contributed by atoms with van der Waals surface area (Å²) < 4.78 is 13.7. The number of hydrogen-bond acceptors (Lipinski definition) is 3. The van der Waals surface area contributed by atoms with Crippen LogP contribution >= 0.6 is 15.9 Å². The second-order valence-corrected chi connectivity index (χ2v) is 6.71. The summed E-state index contributed by atoms with van der Waals surface area (Å²) in [6.45, 7) is 0.697. The van der Waals surface area contributed by atoms with E-state index in [2.05, 4.69) is 21.2 Å². The average molecular weight is 343 g/mol. The van der Waals surface area contributed by atoms with Crippen LogP contribution in [0, 0.1) is 33.7 Å². The van der Waals surface area contributed by atoms with Gasteiger partial charge in [0.05, 0.1) is 9.40 Å². The molecule has 4 nitrogen and oxygen atoms in total. The summed E-state index contributed by atoms with van der Waals surface area (Å²) in [5, 5.41) is 14.1. The van der Waals surface area contributed by atoms with E-state index in [0.29, 0.717) is 12.5 Å². The summed E-state index contributed by atoms with van der Waals surface area (Å²) in [6, 6.07) is 2.42. The molecule has 0 heterocycles. The number of hydrogen-bond donors (Lipinski definition) is 1. The van der Waals surface area contributed by atoms with E-state index in [1.54, 1.807) is 0 Å². The maximum atomic E-state index is 13.6. The molecule has 2 fully saturated rings. The first kappa shape index (κ1) is 13.8. The van der Waals surface area contributed by atoms with Gasteiger partial charge >= 0.3 is 0 Å². The minimum Gasteiger partial charge on any atom is -0.379 e. The van der Waals surface area contributed by atoms with Crippen molar-refractivity contribution in [3.05, 3.63) is 32.5 Å². The first-order valence-corrected chi connectivity index (χ1v) is 7.71. The first-order chi connectivity index (χ1) is 9.54. The van der Waals surface area contributed by atoms with Crippen molar-refractivity contribution in [3.8, 4) is 0 Å². The molecule has 2 bridgehead atoms. The van der Waals surface area contributed by atoms with E-state index in [1.165, 1.54) is 37.8 Å². The Hall–Kier alpha value is -1.17. The number of nitrogens with zero attached hydrogens (tertiary/aromatic N) is 1. The number of halogens is 2. The third kappa shape index (κ3) is 2.53. The Kier molecular flexibility index (Phi) is 3.67. The van der Waals surface area contributed by atoms with Crippen LogP contribution in [0.1, 0.15) is 25.7 Å². The van der Waals surface area contributed by atoms with Gasteiger partial charge in [-0.25, -0.2) is 4.39 Å². The molecule has 0 spiro atoms. The Morgan fingerprint density at radius 3 is 2.80 bits per heavy atom. The molecule has 0 amide bonds. The second-order valence-electron chi connectivity index (χ2n) is 5.86. The van der Waals surface area contributed by atoms with Crippen molar-refractivity contribution in [3.63, 3.8) is 0 Å². The summed E-state index contributed by atoms with van der Waals surface area (Å²) in [6.07, 6.45) is 5.09. The summed E-state index contributed by atoms with van der Waals surface area (Å²) in [4.78, 5) is 10.6. The summed E-state index contributed by atoms with van der Waals surface area (Å²) >= 11 is 2.99. The lowest BCUT2D eigenvalue weighted by Crippen LogP contribution is -2.20. The van der Waals surface area contributed by atoms with Crippen LogP contribution in [0.25, 0.3) is 0 Å². The van der Waals surface area contributed by atoms with E-state index in [0.717, 1.165) is 11.8 Å². The molecule has 0 aliphatic heterocycles. The van der Waals surface area contributed by atoms with E-state index < -0.39 is 10.7 Å². The Morgan fingerprint density at radius 2 is 2.20 bits per heavy atom. The lowest BCUT2D eigenvalue weighted by molar-refractivity contribution is -0.384. The topological polar surface area (TPSA) is 55.2 Å². The first-order valence-electron chi connectivity index (χ1n) is 6.92. The molecular formula is C14H16BrFN2O2. The van der Waals surface area contributed by atoms with E-state index >= 15 is 0 Å². The fraction of sp³-hybridized carbons (Fsp3) is 0.571. The minimum atomic E-state index is -0.481. The van der Waals surface area contributed by atoms with Gasteiger partial charge in [0, 0.05) is 18.7 Å². The SMILES string of the molecule is O=[N+]([O-])c1cc(Br)c(F)cc1NCC1CC2CCC1C2. The van der Waals surface area contributed by atoms with Crippen LogP contribution in [0.2, 0.25) is 0 Å². The van der Waals surface area contributed by atoms with Gasteiger partial charge in [0.15, 0.2) is 0 Å². The standard InChI is InChI=1S/C14H16BrFN2O2/c15-11-5-14(18(19)20)13(6-12(11)16)17-7-10-4-8-1-2-9(10)3-8/h5-6,8-10,17H,1-4,7H2. The van der Waals surface area contributed by atoms with Crippen molar-refractivity contribution in [1.82, 2.24) is 0 Å². The van der Waals surface area contributed by atoms with Gasteiger partial charge in [-0.1, -0.05) is 6.42 Å². The van der Waals surface area contributed by atoms with E-state index in [1.807, 2.05) is 0 Å². The number of nitro benzene ring substituents is 1. The fourth-order valence-corrected chi connectivity index (χ4v) is 4.03. The van der Waals surface area contributed by atoms with Gasteiger partial charge in [-0.15, -0.1) is 0 Å². The number of benzene rings is 1. The van der Waals surface area contributed by atoms with Gasteiger partial charge in [0.1, 0.15) is 11.5 Å². The molecule has 1 N–H and O–H groups in total. The highest BCUT2D eigenvalue weighted by Crippen LogP contribution is 2.48. The zero-order chi connectivity index (χ0) is 14.3. The summed E-state index contributed by atoms with van der Waals surface area (Å²) in [7, 11) is 0. The molecular weight excluding hydrogens is 327 g/mol. The molecule has 1 aromatic carbocycles. The largest absolute Gasteiger partial charge is 0.379 e. The fourth-order valence-electron chi connectivity index (χ4n) is 3.70. The van der Waals surface area contributed by atoms with Crippen molar-refractivity contribution >= 4 is 27.3 Å². The maximum absolute atomic E-state index is 13.6. The van der Waals surface area contributed by atoms with Crippen molar-refractivity contribution in [2.45, 2.75) is 25.7 Å². The molecule has 2 aliphatic rings. The molecule has 0 aromatic heterocycles. The number of rotatable bonds is 4. The highest BCUT2D eigenvalue weighted by atomic mass is 79.9. The van der Waals surface area contributed by atoms with Crippen LogP contribution in [-0.2, 0) is 0 Å². The maximum Gasteiger partial charge on any atom is 0.293 e. The second kappa shape index (κ2) is 5.31. The smallest absolute Gasteiger partial charge is 0.293 e. The van der Waals surface area contributed by atoms with Gasteiger partial charge in [0.2, 0.25) is 0 Å². The molecule has 3 unspecified atom stereocenters. The molecule has 3 rings (SSSR count). The lowest BCUT2D eigenvalue weighted by atomic mass is 9.89. The third-order valence-corrected chi connectivity index (χ3v) is 5.28. The molecule has 20 heavy (non-hydrogen) atoms. The Balaban J connectivity index is 1.73. The van der Waals surface area contributed by atoms with Crippen molar-refractivity contribution < 1.29 is 9.31 Å². The minimum absolute atomic E-state index is 0.0820. The van der Waals surface area contributed by atoms with Gasteiger partial charge in [-0.2, -0.15) is 0 Å². The Labute approximate surface area is 125 Å². The molecule has 1 aromatic rings. The lowest BCUT2D eigenvalue weighted by Gasteiger charge is -2.22. The molecule has 6 heteroatoms. The number of fused-ring (bicyclic) bond motifs is 2. The summed E-state index contributed by atoms with van der Waals surface area (Å²) in [5.74, 6) is 1.67. The molecule has 0 radical (unpaired) electrons. The predicted octanol–water partition coefficient (Wildman–Crippen LogP) is 4.34. The van der Waals surface area contributed by atoms with Crippen LogP contribution < -0.4 is 5.32 Å². The Morgan fingerprint density at radius 1 is 1.40 bits per heavy atom. The van der Waals surface area contributed by atoms with Gasteiger partial charge in [-0.3, -0.25) is 10.1 Å². The van der Waals surface area contributed by atoms with E-state index in [4.69, 9.17) is 0 Å². The van der Waals surface area contributed by atoms with Gasteiger partial charge < -0.3 is 5.32 Å². The van der Waals surface area contributed by atoms with Gasteiger partial charge in [-0.05, 0) is 52.9 Å². The van der Waals surface area contributed by atoms with E-state index in [-0.39, 0.29) is 15.8 Å². The van der Waals surface area contributed by atoms with Crippen LogP contribution in [0.5, 0.6) is 0 Å². The quantitative estimate of drug-likeness (QED) is 0.653. The highest BCUT2D eigenvalue weighted by molar-refractivity contribution is 9.10. The van der Waals surface area contributed by atoms with Crippen molar-refractivity contribution in [2.24, 2.45) is 17.8 Å². The van der Waals surface area contributed by atoms with E-state index in [9.17, 15) is 14.5 Å². The van der Waals surface area contributed by atoms with Crippen LogP contribution in [0.4, 0.5) is 15.8 Å². The van der Waals surface area contributed by atoms with Crippen LogP contribution in [-0.4, -0.2) is 11.5 Å².